The third kappa shape index (κ3) is 1.58. The standard InChI is InChI=1S/C6H12O6/c7-1-2(8)5-3(9)4(10)6(11)12-5/h2-11H,1H2/t2-,3+,4+,5-,6+/m1/s1. The maximum Gasteiger partial charge on any atom is 0.184 e. The average molecular weight is 180 g/mol. The van der Waals surface area contributed by atoms with Crippen molar-refractivity contribution in [2.24, 2.45) is 0 Å². The normalized spacial score (nSPS) is 44.8. The average Bonchev–Trinajstić information content (AvgIpc) is 2.32. The fraction of sp³-hybridized carbons (Fsp3) is 1.00. The van der Waals surface area contributed by atoms with Gasteiger partial charge in [-0.2, -0.15) is 0 Å². The Morgan fingerprint density at radius 3 is 2.08 bits per heavy atom. The highest BCUT2D eigenvalue weighted by molar-refractivity contribution is 4.89. The molecule has 12 heavy (non-hydrogen) atoms. The zero-order valence-electron chi connectivity index (χ0n) is 6.24. The molecule has 5 N–H and O–H groups in total. The van der Waals surface area contributed by atoms with E-state index >= 15 is 0 Å². The van der Waals surface area contributed by atoms with Gasteiger partial charge in [-0.15, -0.1) is 0 Å². The van der Waals surface area contributed by atoms with E-state index in [1.165, 1.54) is 0 Å². The predicted molar refractivity (Wildman–Crippen MR) is 36.0 cm³/mol. The van der Waals surface area contributed by atoms with Crippen molar-refractivity contribution in [2.75, 3.05) is 6.61 Å². The van der Waals surface area contributed by atoms with Crippen LogP contribution in [0, 0.1) is 0 Å². The fourth-order valence-corrected chi connectivity index (χ4v) is 1.11. The van der Waals surface area contributed by atoms with Crippen LogP contribution in [0.2, 0.25) is 0 Å². The Bertz CT molecular complexity index is 151. The molecule has 0 spiro atoms. The smallest absolute Gasteiger partial charge is 0.184 e. The fourth-order valence-electron chi connectivity index (χ4n) is 1.11. The summed E-state index contributed by atoms with van der Waals surface area (Å²) in [7, 11) is 0. The van der Waals surface area contributed by atoms with Crippen LogP contribution in [0.25, 0.3) is 0 Å². The summed E-state index contributed by atoms with van der Waals surface area (Å²) >= 11 is 0. The number of rotatable bonds is 2. The van der Waals surface area contributed by atoms with Crippen molar-refractivity contribution < 1.29 is 30.3 Å². The van der Waals surface area contributed by atoms with Crippen LogP contribution in [-0.4, -0.2) is 62.8 Å². The highest BCUT2D eigenvalue weighted by Crippen LogP contribution is 2.21. The molecule has 1 rings (SSSR count). The van der Waals surface area contributed by atoms with Crippen LogP contribution in [-0.2, 0) is 4.74 Å². The summed E-state index contributed by atoms with van der Waals surface area (Å²) in [5.74, 6) is 0. The van der Waals surface area contributed by atoms with Gasteiger partial charge in [-0.1, -0.05) is 0 Å². The molecule has 5 atom stereocenters. The molecular weight excluding hydrogens is 168 g/mol. The molecule has 0 saturated carbocycles. The van der Waals surface area contributed by atoms with Crippen LogP contribution in [0.15, 0.2) is 0 Å². The number of hydrogen-bond donors (Lipinski definition) is 5. The summed E-state index contributed by atoms with van der Waals surface area (Å²) in [6, 6.07) is 0. The molecule has 0 radical (unpaired) electrons. The first kappa shape index (κ1) is 9.85. The molecule has 6 nitrogen and oxygen atoms in total. The molecule has 1 fully saturated rings. The van der Waals surface area contributed by atoms with Gasteiger partial charge >= 0.3 is 0 Å². The van der Waals surface area contributed by atoms with E-state index < -0.39 is 37.3 Å². The predicted octanol–water partition coefficient (Wildman–Crippen LogP) is -3.22. The van der Waals surface area contributed by atoms with Gasteiger partial charge in [0.05, 0.1) is 6.61 Å². The highest BCUT2D eigenvalue weighted by Gasteiger charge is 2.44. The third-order valence-corrected chi connectivity index (χ3v) is 1.84. The lowest BCUT2D eigenvalue weighted by molar-refractivity contribution is -0.150. The van der Waals surface area contributed by atoms with Crippen molar-refractivity contribution in [1.29, 1.82) is 0 Å². The van der Waals surface area contributed by atoms with Crippen LogP contribution < -0.4 is 0 Å². The second-order valence-corrected chi connectivity index (χ2v) is 2.72. The SMILES string of the molecule is OC[C@@H](O)[C@H]1O[C@H](O)[C@@H](O)[C@@H]1O. The molecule has 6 heteroatoms. The Morgan fingerprint density at radius 2 is 1.75 bits per heavy atom. The van der Waals surface area contributed by atoms with Gasteiger partial charge in [-0.25, -0.2) is 0 Å². The van der Waals surface area contributed by atoms with Crippen molar-refractivity contribution in [3.05, 3.63) is 0 Å². The number of aliphatic hydroxyl groups excluding tert-OH is 5. The van der Waals surface area contributed by atoms with Gasteiger partial charge in [-0.3, -0.25) is 0 Å². The van der Waals surface area contributed by atoms with Gasteiger partial charge in [0, 0.05) is 0 Å². The summed E-state index contributed by atoms with van der Waals surface area (Å²) in [6.45, 7) is -0.596. The largest absolute Gasteiger partial charge is 0.394 e. The van der Waals surface area contributed by atoms with Crippen molar-refractivity contribution in [3.8, 4) is 0 Å². The van der Waals surface area contributed by atoms with Crippen LogP contribution in [0.5, 0.6) is 0 Å². The van der Waals surface area contributed by atoms with Crippen molar-refractivity contribution in [1.82, 2.24) is 0 Å². The Balaban J connectivity index is 2.58. The van der Waals surface area contributed by atoms with Gasteiger partial charge < -0.3 is 30.3 Å². The van der Waals surface area contributed by atoms with E-state index in [4.69, 9.17) is 25.5 Å². The molecule has 72 valence electrons. The molecule has 0 bridgehead atoms. The van der Waals surface area contributed by atoms with E-state index in [2.05, 4.69) is 4.74 Å². The first-order valence-corrected chi connectivity index (χ1v) is 3.56. The lowest BCUT2D eigenvalue weighted by Gasteiger charge is -2.18. The van der Waals surface area contributed by atoms with Crippen LogP contribution in [0.1, 0.15) is 0 Å². The van der Waals surface area contributed by atoms with E-state index in [9.17, 15) is 0 Å². The minimum Gasteiger partial charge on any atom is -0.394 e. The molecule has 0 aromatic carbocycles. The topological polar surface area (TPSA) is 110 Å². The number of aliphatic hydroxyl groups is 5. The molecule has 1 saturated heterocycles. The third-order valence-electron chi connectivity index (χ3n) is 1.84. The van der Waals surface area contributed by atoms with Gasteiger partial charge in [0.15, 0.2) is 6.29 Å². The maximum atomic E-state index is 9.12. The summed E-state index contributed by atoms with van der Waals surface area (Å²) in [4.78, 5) is 0. The van der Waals surface area contributed by atoms with Gasteiger partial charge in [0.2, 0.25) is 0 Å². The summed E-state index contributed by atoms with van der Waals surface area (Å²) in [5.41, 5.74) is 0. The summed E-state index contributed by atoms with van der Waals surface area (Å²) in [5, 5.41) is 44.4. The lowest BCUT2D eigenvalue weighted by Crippen LogP contribution is -2.40. The molecule has 1 heterocycles. The van der Waals surface area contributed by atoms with Crippen molar-refractivity contribution in [2.45, 2.75) is 30.7 Å². The summed E-state index contributed by atoms with van der Waals surface area (Å²) in [6.07, 6.45) is -6.75. The van der Waals surface area contributed by atoms with E-state index in [1.54, 1.807) is 0 Å². The summed E-state index contributed by atoms with van der Waals surface area (Å²) < 4.78 is 4.58. The molecule has 0 aliphatic carbocycles. The monoisotopic (exact) mass is 180 g/mol. The molecule has 0 aromatic heterocycles. The van der Waals surface area contributed by atoms with Crippen LogP contribution in [0.3, 0.4) is 0 Å². The molecule has 0 unspecified atom stereocenters. The zero-order valence-corrected chi connectivity index (χ0v) is 6.24. The Hall–Kier alpha value is -0.240. The number of hydrogen-bond acceptors (Lipinski definition) is 6. The molecular formula is C6H12O6. The molecule has 1 aliphatic heterocycles. The van der Waals surface area contributed by atoms with E-state index in [-0.39, 0.29) is 0 Å². The second kappa shape index (κ2) is 3.65. The number of ether oxygens (including phenoxy) is 1. The van der Waals surface area contributed by atoms with Crippen molar-refractivity contribution in [3.63, 3.8) is 0 Å². The highest BCUT2D eigenvalue weighted by atomic mass is 16.6. The van der Waals surface area contributed by atoms with Gasteiger partial charge in [0.25, 0.3) is 0 Å². The molecule has 0 amide bonds. The quantitative estimate of drug-likeness (QED) is 0.306. The van der Waals surface area contributed by atoms with E-state index in [0.29, 0.717) is 0 Å². The Labute approximate surface area is 68.6 Å². The maximum absolute atomic E-state index is 9.12. The Morgan fingerprint density at radius 1 is 1.17 bits per heavy atom. The van der Waals surface area contributed by atoms with Gasteiger partial charge in [0.1, 0.15) is 24.4 Å². The van der Waals surface area contributed by atoms with E-state index in [0.717, 1.165) is 0 Å². The minimum absolute atomic E-state index is 0.596. The van der Waals surface area contributed by atoms with E-state index in [1.807, 2.05) is 0 Å². The van der Waals surface area contributed by atoms with Crippen LogP contribution >= 0.6 is 0 Å². The molecule has 1 aliphatic rings. The van der Waals surface area contributed by atoms with Crippen molar-refractivity contribution >= 4 is 0 Å². The van der Waals surface area contributed by atoms with Crippen LogP contribution in [0.4, 0.5) is 0 Å². The minimum atomic E-state index is -1.51. The second-order valence-electron chi connectivity index (χ2n) is 2.72. The Kier molecular flexibility index (Phi) is 2.99. The lowest BCUT2D eigenvalue weighted by atomic mass is 10.1. The first-order valence-electron chi connectivity index (χ1n) is 3.56. The first-order chi connectivity index (χ1) is 5.57. The van der Waals surface area contributed by atoms with Gasteiger partial charge in [-0.05, 0) is 0 Å². The molecule has 0 aromatic rings. The zero-order chi connectivity index (χ0) is 9.30.